The first-order valence-electron chi connectivity index (χ1n) is 5.71. The fourth-order valence-corrected chi connectivity index (χ4v) is 2.55. The monoisotopic (exact) mass is 300 g/mol. The first kappa shape index (κ1) is 13.7. The normalized spacial score (nSPS) is 10.9. The molecule has 0 aliphatic rings. The smallest absolute Gasteiger partial charge is 0.183 e. The molecule has 1 heterocycles. The zero-order valence-electron chi connectivity index (χ0n) is 10.2. The molecule has 0 unspecified atom stereocenters. The van der Waals surface area contributed by atoms with E-state index < -0.39 is 0 Å². The molecule has 0 saturated carbocycles. The summed E-state index contributed by atoms with van der Waals surface area (Å²) in [4.78, 5) is 5.43. The van der Waals surface area contributed by atoms with E-state index >= 15 is 0 Å². The fourth-order valence-electron chi connectivity index (χ4n) is 1.43. The first-order chi connectivity index (χ1) is 8.56. The Morgan fingerprint density at radius 1 is 1.28 bits per heavy atom. The van der Waals surface area contributed by atoms with Crippen LogP contribution in [0.2, 0.25) is 10.0 Å². The zero-order chi connectivity index (χ0) is 13.1. The Balaban J connectivity index is 2.16. The van der Waals surface area contributed by atoms with E-state index in [2.05, 4.69) is 24.1 Å². The van der Waals surface area contributed by atoms with Gasteiger partial charge in [0.15, 0.2) is 5.13 Å². The molecule has 0 atom stereocenters. The molecular formula is C13H14Cl2N2S. The van der Waals surface area contributed by atoms with Crippen LogP contribution in [0.3, 0.4) is 0 Å². The van der Waals surface area contributed by atoms with Crippen LogP contribution in [0.15, 0.2) is 24.4 Å². The summed E-state index contributed by atoms with van der Waals surface area (Å²) in [6.45, 7) is 5.26. The number of aromatic nitrogens is 1. The Labute approximate surface area is 121 Å². The maximum Gasteiger partial charge on any atom is 0.183 e. The van der Waals surface area contributed by atoms with Crippen molar-refractivity contribution in [3.8, 4) is 10.4 Å². The second-order valence-corrected chi connectivity index (χ2v) is 6.28. The predicted octanol–water partition coefficient (Wildman–Crippen LogP) is 5.18. The number of anilines is 1. The van der Waals surface area contributed by atoms with Gasteiger partial charge in [-0.3, -0.25) is 0 Å². The fraction of sp³-hybridized carbons (Fsp3) is 0.308. The van der Waals surface area contributed by atoms with Gasteiger partial charge in [0.2, 0.25) is 0 Å². The molecule has 1 aromatic carbocycles. The minimum atomic E-state index is 0.569. The van der Waals surface area contributed by atoms with Crippen LogP contribution >= 0.6 is 34.5 Å². The van der Waals surface area contributed by atoms with Gasteiger partial charge in [-0.25, -0.2) is 4.98 Å². The summed E-state index contributed by atoms with van der Waals surface area (Å²) in [6, 6.07) is 5.62. The summed E-state index contributed by atoms with van der Waals surface area (Å²) in [6.07, 6.45) is 1.85. The minimum absolute atomic E-state index is 0.569. The summed E-state index contributed by atoms with van der Waals surface area (Å²) < 4.78 is 0. The van der Waals surface area contributed by atoms with Crippen LogP contribution in [0.4, 0.5) is 5.13 Å². The molecule has 0 spiro atoms. The number of nitrogens with one attached hydrogen (secondary N) is 1. The second-order valence-electron chi connectivity index (χ2n) is 4.43. The van der Waals surface area contributed by atoms with Gasteiger partial charge in [-0.15, -0.1) is 0 Å². The SMILES string of the molecule is CC(C)CNc1ncc(-c2ccc(Cl)c(Cl)c2)s1. The molecule has 0 aliphatic heterocycles. The average Bonchev–Trinajstić information content (AvgIpc) is 2.79. The maximum absolute atomic E-state index is 6.01. The van der Waals surface area contributed by atoms with Gasteiger partial charge in [-0.2, -0.15) is 0 Å². The number of nitrogens with zero attached hydrogens (tertiary/aromatic N) is 1. The molecule has 2 nitrogen and oxygen atoms in total. The average molecular weight is 301 g/mol. The standard InChI is InChI=1S/C13H14Cl2N2S/c1-8(2)6-16-13-17-7-12(18-13)9-3-4-10(14)11(15)5-9/h3-5,7-8H,6H2,1-2H3,(H,16,17). The molecule has 0 bridgehead atoms. The number of halogens is 2. The zero-order valence-corrected chi connectivity index (χ0v) is 12.5. The van der Waals surface area contributed by atoms with Crippen molar-refractivity contribution in [1.82, 2.24) is 4.98 Å². The lowest BCUT2D eigenvalue weighted by Gasteiger charge is -2.04. The van der Waals surface area contributed by atoms with E-state index in [1.807, 2.05) is 18.3 Å². The molecule has 1 aromatic heterocycles. The molecule has 2 aromatic rings. The largest absolute Gasteiger partial charge is 0.361 e. The highest BCUT2D eigenvalue weighted by Gasteiger charge is 2.06. The Morgan fingerprint density at radius 3 is 2.72 bits per heavy atom. The Kier molecular flexibility index (Phi) is 4.49. The van der Waals surface area contributed by atoms with Crippen molar-refractivity contribution in [2.75, 3.05) is 11.9 Å². The van der Waals surface area contributed by atoms with Gasteiger partial charge in [0.05, 0.1) is 14.9 Å². The molecule has 0 fully saturated rings. The van der Waals surface area contributed by atoms with Gasteiger partial charge < -0.3 is 5.32 Å². The maximum atomic E-state index is 6.01. The van der Waals surface area contributed by atoms with Crippen LogP contribution in [0, 0.1) is 5.92 Å². The molecule has 1 N–H and O–H groups in total. The van der Waals surface area contributed by atoms with Crippen LogP contribution in [0.1, 0.15) is 13.8 Å². The lowest BCUT2D eigenvalue weighted by Crippen LogP contribution is -2.07. The highest BCUT2D eigenvalue weighted by atomic mass is 35.5. The molecule has 18 heavy (non-hydrogen) atoms. The van der Waals surface area contributed by atoms with Crippen LogP contribution < -0.4 is 5.32 Å². The van der Waals surface area contributed by atoms with Crippen LogP contribution in [-0.4, -0.2) is 11.5 Å². The van der Waals surface area contributed by atoms with Crippen molar-refractivity contribution in [3.63, 3.8) is 0 Å². The van der Waals surface area contributed by atoms with E-state index in [0.717, 1.165) is 22.1 Å². The summed E-state index contributed by atoms with van der Waals surface area (Å²) >= 11 is 13.5. The van der Waals surface area contributed by atoms with Crippen LogP contribution in [0.5, 0.6) is 0 Å². The minimum Gasteiger partial charge on any atom is -0.361 e. The third kappa shape index (κ3) is 3.37. The molecule has 96 valence electrons. The number of hydrogen-bond donors (Lipinski definition) is 1. The third-order valence-corrected chi connectivity index (χ3v) is 4.11. The van der Waals surface area contributed by atoms with Gasteiger partial charge in [0.25, 0.3) is 0 Å². The topological polar surface area (TPSA) is 24.9 Å². The van der Waals surface area contributed by atoms with Gasteiger partial charge in [-0.1, -0.05) is 54.5 Å². The molecule has 0 aliphatic carbocycles. The highest BCUT2D eigenvalue weighted by molar-refractivity contribution is 7.18. The predicted molar refractivity (Wildman–Crippen MR) is 80.9 cm³/mol. The molecular weight excluding hydrogens is 287 g/mol. The lowest BCUT2D eigenvalue weighted by atomic mass is 10.2. The van der Waals surface area contributed by atoms with Crippen molar-refractivity contribution in [2.24, 2.45) is 5.92 Å². The van der Waals surface area contributed by atoms with Gasteiger partial charge in [0, 0.05) is 12.7 Å². The van der Waals surface area contributed by atoms with Crippen molar-refractivity contribution in [3.05, 3.63) is 34.4 Å². The van der Waals surface area contributed by atoms with Crippen LogP contribution in [-0.2, 0) is 0 Å². The first-order valence-corrected chi connectivity index (χ1v) is 7.28. The second kappa shape index (κ2) is 5.91. The van der Waals surface area contributed by atoms with Gasteiger partial charge >= 0.3 is 0 Å². The highest BCUT2D eigenvalue weighted by Crippen LogP contribution is 2.33. The number of benzene rings is 1. The molecule has 2 rings (SSSR count). The Bertz CT molecular complexity index is 538. The molecule has 5 heteroatoms. The quantitative estimate of drug-likeness (QED) is 0.841. The van der Waals surface area contributed by atoms with E-state index in [1.165, 1.54) is 0 Å². The van der Waals surface area contributed by atoms with Crippen molar-refractivity contribution < 1.29 is 0 Å². The molecule has 0 radical (unpaired) electrons. The number of rotatable bonds is 4. The van der Waals surface area contributed by atoms with E-state index in [-0.39, 0.29) is 0 Å². The third-order valence-electron chi connectivity index (χ3n) is 2.37. The van der Waals surface area contributed by atoms with Crippen molar-refractivity contribution in [2.45, 2.75) is 13.8 Å². The van der Waals surface area contributed by atoms with Gasteiger partial charge in [-0.05, 0) is 23.6 Å². The number of hydrogen-bond acceptors (Lipinski definition) is 3. The Hall–Kier alpha value is -0.770. The van der Waals surface area contributed by atoms with Crippen molar-refractivity contribution >= 4 is 39.7 Å². The summed E-state index contributed by atoms with van der Waals surface area (Å²) in [7, 11) is 0. The Morgan fingerprint density at radius 2 is 2.06 bits per heavy atom. The lowest BCUT2D eigenvalue weighted by molar-refractivity contribution is 0.688. The van der Waals surface area contributed by atoms with E-state index in [1.54, 1.807) is 17.4 Å². The van der Waals surface area contributed by atoms with E-state index in [0.29, 0.717) is 16.0 Å². The van der Waals surface area contributed by atoms with E-state index in [9.17, 15) is 0 Å². The van der Waals surface area contributed by atoms with Crippen LogP contribution in [0.25, 0.3) is 10.4 Å². The van der Waals surface area contributed by atoms with Crippen molar-refractivity contribution in [1.29, 1.82) is 0 Å². The number of thiazole rings is 1. The molecule has 0 saturated heterocycles. The summed E-state index contributed by atoms with van der Waals surface area (Å²) in [5, 5.41) is 5.38. The summed E-state index contributed by atoms with van der Waals surface area (Å²) in [5.74, 6) is 0.599. The molecule has 0 amide bonds. The summed E-state index contributed by atoms with van der Waals surface area (Å²) in [5.41, 5.74) is 1.04. The van der Waals surface area contributed by atoms with E-state index in [4.69, 9.17) is 23.2 Å². The van der Waals surface area contributed by atoms with Gasteiger partial charge in [0.1, 0.15) is 0 Å².